The van der Waals surface area contributed by atoms with Crippen LogP contribution in [0.3, 0.4) is 0 Å². The van der Waals surface area contributed by atoms with Crippen molar-refractivity contribution in [2.45, 2.75) is 44.7 Å². The summed E-state index contributed by atoms with van der Waals surface area (Å²) in [5.41, 5.74) is 3.58. The smallest absolute Gasteiger partial charge is 0.269 e. The summed E-state index contributed by atoms with van der Waals surface area (Å²) in [7, 11) is 0. The molecular formula is C19H24N4O. The van der Waals surface area contributed by atoms with Crippen molar-refractivity contribution in [3.8, 4) is 11.3 Å². The summed E-state index contributed by atoms with van der Waals surface area (Å²) in [6.07, 6.45) is 4.79. The van der Waals surface area contributed by atoms with Crippen molar-refractivity contribution in [1.29, 1.82) is 0 Å². The third-order valence-corrected chi connectivity index (χ3v) is 5.10. The first-order chi connectivity index (χ1) is 11.7. The van der Waals surface area contributed by atoms with Gasteiger partial charge in [-0.15, -0.1) is 0 Å². The second kappa shape index (κ2) is 6.40. The molecule has 0 unspecified atom stereocenters. The van der Waals surface area contributed by atoms with Gasteiger partial charge in [-0.3, -0.25) is 9.89 Å². The molecule has 126 valence electrons. The molecule has 1 aliphatic heterocycles. The van der Waals surface area contributed by atoms with Crippen molar-refractivity contribution in [3.05, 3.63) is 41.6 Å². The van der Waals surface area contributed by atoms with E-state index in [-0.39, 0.29) is 11.9 Å². The van der Waals surface area contributed by atoms with Crippen LogP contribution >= 0.6 is 0 Å². The van der Waals surface area contributed by atoms with Crippen molar-refractivity contribution in [2.24, 2.45) is 0 Å². The molecule has 1 aliphatic carbocycles. The highest BCUT2D eigenvalue weighted by molar-refractivity contribution is 5.93. The number of benzene rings is 1. The number of nitrogens with zero attached hydrogens (tertiary/aromatic N) is 2. The second-order valence-corrected chi connectivity index (χ2v) is 7.05. The number of hydrogen-bond donors (Lipinski definition) is 2. The first kappa shape index (κ1) is 15.4. The molecule has 1 saturated carbocycles. The van der Waals surface area contributed by atoms with Crippen molar-refractivity contribution in [3.63, 3.8) is 0 Å². The quantitative estimate of drug-likeness (QED) is 0.909. The Morgan fingerprint density at radius 2 is 1.88 bits per heavy atom. The minimum atomic E-state index is -0.0502. The van der Waals surface area contributed by atoms with E-state index in [1.54, 1.807) is 0 Å². The topological polar surface area (TPSA) is 61.0 Å². The molecular weight excluding hydrogens is 300 g/mol. The van der Waals surface area contributed by atoms with Gasteiger partial charge in [-0.25, -0.2) is 0 Å². The number of carbonyl (C=O) groups is 1. The van der Waals surface area contributed by atoms with E-state index >= 15 is 0 Å². The van der Waals surface area contributed by atoms with Crippen LogP contribution in [0.5, 0.6) is 0 Å². The van der Waals surface area contributed by atoms with E-state index in [0.29, 0.717) is 5.69 Å². The number of hydrogen-bond acceptors (Lipinski definition) is 3. The molecule has 2 fully saturated rings. The molecule has 0 atom stereocenters. The van der Waals surface area contributed by atoms with Gasteiger partial charge in [0.25, 0.3) is 5.91 Å². The van der Waals surface area contributed by atoms with E-state index in [1.165, 1.54) is 18.4 Å². The summed E-state index contributed by atoms with van der Waals surface area (Å²) < 4.78 is 0. The van der Waals surface area contributed by atoms with Crippen molar-refractivity contribution in [2.75, 3.05) is 13.1 Å². The molecule has 2 aliphatic rings. The summed E-state index contributed by atoms with van der Waals surface area (Å²) in [5.74, 6) is -0.0502. The zero-order valence-electron chi connectivity index (χ0n) is 14.1. The van der Waals surface area contributed by atoms with E-state index in [0.717, 1.165) is 43.2 Å². The first-order valence-corrected chi connectivity index (χ1v) is 8.86. The molecule has 2 heterocycles. The minimum Gasteiger partial charge on any atom is -0.348 e. The van der Waals surface area contributed by atoms with Gasteiger partial charge in [-0.1, -0.05) is 29.8 Å². The molecule has 0 bridgehead atoms. The Balaban J connectivity index is 1.35. The largest absolute Gasteiger partial charge is 0.348 e. The number of amides is 1. The molecule has 1 amide bonds. The van der Waals surface area contributed by atoms with Gasteiger partial charge >= 0.3 is 0 Å². The molecule has 0 radical (unpaired) electrons. The minimum absolute atomic E-state index is 0.0502. The normalized spacial score (nSPS) is 19.4. The Hall–Kier alpha value is -2.14. The highest BCUT2D eigenvalue weighted by atomic mass is 16.2. The third-order valence-electron chi connectivity index (χ3n) is 5.10. The number of likely N-dealkylation sites (tertiary alicyclic amines) is 1. The van der Waals surface area contributed by atoms with E-state index in [9.17, 15) is 4.79 Å². The van der Waals surface area contributed by atoms with Gasteiger partial charge in [0.05, 0.1) is 5.69 Å². The van der Waals surface area contributed by atoms with Crippen molar-refractivity contribution < 1.29 is 4.79 Å². The van der Waals surface area contributed by atoms with Crippen LogP contribution in [0.2, 0.25) is 0 Å². The van der Waals surface area contributed by atoms with Gasteiger partial charge < -0.3 is 10.2 Å². The SMILES string of the molecule is Cc1ccc(-c2cc(C(=O)NC3CCN(C4CC4)CC3)[nH]n2)cc1. The van der Waals surface area contributed by atoms with Crippen LogP contribution in [0.25, 0.3) is 11.3 Å². The van der Waals surface area contributed by atoms with Gasteiger partial charge in [0.1, 0.15) is 5.69 Å². The maximum atomic E-state index is 12.4. The van der Waals surface area contributed by atoms with Crippen LogP contribution in [0, 0.1) is 6.92 Å². The fourth-order valence-electron chi connectivity index (χ4n) is 3.42. The molecule has 1 aromatic heterocycles. The lowest BCUT2D eigenvalue weighted by molar-refractivity contribution is 0.0904. The van der Waals surface area contributed by atoms with Crippen LogP contribution < -0.4 is 5.32 Å². The maximum absolute atomic E-state index is 12.4. The summed E-state index contributed by atoms with van der Waals surface area (Å²) in [6.45, 7) is 4.27. The van der Waals surface area contributed by atoms with Gasteiger partial charge in [0, 0.05) is 30.7 Å². The van der Waals surface area contributed by atoms with Gasteiger partial charge in [-0.05, 0) is 38.7 Å². The van der Waals surface area contributed by atoms with E-state index in [2.05, 4.69) is 39.5 Å². The molecule has 2 aromatic rings. The Labute approximate surface area is 142 Å². The van der Waals surface area contributed by atoms with E-state index in [1.807, 2.05) is 18.2 Å². The zero-order chi connectivity index (χ0) is 16.5. The number of aromatic nitrogens is 2. The van der Waals surface area contributed by atoms with E-state index in [4.69, 9.17) is 0 Å². The zero-order valence-corrected chi connectivity index (χ0v) is 14.1. The second-order valence-electron chi connectivity index (χ2n) is 7.05. The third kappa shape index (κ3) is 3.36. The molecule has 0 spiro atoms. The maximum Gasteiger partial charge on any atom is 0.269 e. The molecule has 1 saturated heterocycles. The Morgan fingerprint density at radius 3 is 2.54 bits per heavy atom. The lowest BCUT2D eigenvalue weighted by atomic mass is 10.0. The number of aryl methyl sites for hydroxylation is 1. The lowest BCUT2D eigenvalue weighted by Crippen LogP contribution is -2.45. The average Bonchev–Trinajstić information content (AvgIpc) is 3.33. The van der Waals surface area contributed by atoms with Gasteiger partial charge in [0.15, 0.2) is 0 Å². The summed E-state index contributed by atoms with van der Waals surface area (Å²) in [4.78, 5) is 15.0. The molecule has 2 N–H and O–H groups in total. The van der Waals surface area contributed by atoms with Crippen LogP contribution in [-0.4, -0.2) is 46.2 Å². The predicted octanol–water partition coefficient (Wildman–Crippen LogP) is 2.74. The van der Waals surface area contributed by atoms with Gasteiger partial charge in [0.2, 0.25) is 0 Å². The Bertz CT molecular complexity index is 709. The summed E-state index contributed by atoms with van der Waals surface area (Å²) in [6, 6.07) is 11.1. The molecule has 4 rings (SSSR count). The molecule has 5 nitrogen and oxygen atoms in total. The van der Waals surface area contributed by atoms with Crippen LogP contribution in [0.15, 0.2) is 30.3 Å². The lowest BCUT2D eigenvalue weighted by Gasteiger charge is -2.32. The van der Waals surface area contributed by atoms with Crippen molar-refractivity contribution in [1.82, 2.24) is 20.4 Å². The van der Waals surface area contributed by atoms with Gasteiger partial charge in [-0.2, -0.15) is 5.10 Å². The van der Waals surface area contributed by atoms with Crippen LogP contribution in [0.4, 0.5) is 0 Å². The molecule has 24 heavy (non-hydrogen) atoms. The fraction of sp³-hybridized carbons (Fsp3) is 0.474. The Morgan fingerprint density at radius 1 is 1.17 bits per heavy atom. The number of carbonyl (C=O) groups excluding carboxylic acids is 1. The number of aromatic amines is 1. The molecule has 5 heteroatoms. The predicted molar refractivity (Wildman–Crippen MR) is 93.8 cm³/mol. The monoisotopic (exact) mass is 324 g/mol. The highest BCUT2D eigenvalue weighted by Gasteiger charge is 2.32. The van der Waals surface area contributed by atoms with Crippen molar-refractivity contribution >= 4 is 5.91 Å². The van der Waals surface area contributed by atoms with Crippen LogP contribution in [0.1, 0.15) is 41.7 Å². The van der Waals surface area contributed by atoms with E-state index < -0.39 is 0 Å². The number of nitrogens with one attached hydrogen (secondary N) is 2. The summed E-state index contributed by atoms with van der Waals surface area (Å²) in [5, 5.41) is 10.3. The Kier molecular flexibility index (Phi) is 4.10. The fourth-order valence-corrected chi connectivity index (χ4v) is 3.42. The number of piperidine rings is 1. The number of H-pyrrole nitrogens is 1. The number of rotatable bonds is 4. The van der Waals surface area contributed by atoms with Crippen LogP contribution in [-0.2, 0) is 0 Å². The first-order valence-electron chi connectivity index (χ1n) is 8.86. The molecule has 1 aromatic carbocycles. The highest BCUT2D eigenvalue weighted by Crippen LogP contribution is 2.29. The standard InChI is InChI=1S/C19H24N4O/c1-13-2-4-14(5-3-13)17-12-18(22-21-17)19(24)20-15-8-10-23(11-9-15)16-6-7-16/h2-5,12,15-16H,6-11H2,1H3,(H,20,24)(H,21,22). The summed E-state index contributed by atoms with van der Waals surface area (Å²) >= 11 is 0. The average molecular weight is 324 g/mol.